The van der Waals surface area contributed by atoms with Gasteiger partial charge in [0.2, 0.25) is 11.9 Å². The maximum atomic E-state index is 13.6. The van der Waals surface area contributed by atoms with E-state index in [2.05, 4.69) is 25.2 Å². The molecule has 36 heavy (non-hydrogen) atoms. The number of pyridine rings is 2. The lowest BCUT2D eigenvalue weighted by atomic mass is 10.1. The zero-order valence-electron chi connectivity index (χ0n) is 19.7. The number of hydrogen-bond acceptors (Lipinski definition) is 6. The molecule has 0 spiro atoms. The van der Waals surface area contributed by atoms with Crippen LogP contribution in [0.15, 0.2) is 79.1 Å². The van der Waals surface area contributed by atoms with E-state index in [9.17, 15) is 9.18 Å². The number of nitrogens with one attached hydrogen (secondary N) is 2. The van der Waals surface area contributed by atoms with E-state index in [0.717, 1.165) is 27.8 Å². The lowest BCUT2D eigenvalue weighted by molar-refractivity contribution is 0.0958. The second-order valence-electron chi connectivity index (χ2n) is 7.96. The van der Waals surface area contributed by atoms with E-state index in [1.807, 2.05) is 49.4 Å². The number of carbonyl (C=O) groups is 1. The van der Waals surface area contributed by atoms with Gasteiger partial charge in [0.1, 0.15) is 17.2 Å². The van der Waals surface area contributed by atoms with Crippen LogP contribution in [-0.2, 0) is 6.54 Å². The van der Waals surface area contributed by atoms with E-state index < -0.39 is 5.95 Å². The molecule has 3 aromatic heterocycles. The summed E-state index contributed by atoms with van der Waals surface area (Å²) in [7, 11) is 1.55. The number of halogens is 1. The summed E-state index contributed by atoms with van der Waals surface area (Å²) in [6.45, 7) is 2.75. The van der Waals surface area contributed by atoms with Crippen molar-refractivity contribution in [2.45, 2.75) is 13.5 Å². The number of anilines is 2. The summed E-state index contributed by atoms with van der Waals surface area (Å²) in [6, 6.07) is 19.8. The van der Waals surface area contributed by atoms with Gasteiger partial charge in [-0.25, -0.2) is 9.97 Å². The Hall–Kier alpha value is -4.79. The molecule has 2 aromatic carbocycles. The Kier molecular flexibility index (Phi) is 6.27. The van der Waals surface area contributed by atoms with Gasteiger partial charge in [-0.05, 0) is 54.4 Å². The Labute approximate surface area is 206 Å². The number of benzene rings is 2. The number of aryl methyl sites for hydroxylation is 1. The van der Waals surface area contributed by atoms with Crippen molar-refractivity contribution >= 4 is 28.6 Å². The van der Waals surface area contributed by atoms with Crippen molar-refractivity contribution in [1.82, 2.24) is 24.8 Å². The summed E-state index contributed by atoms with van der Waals surface area (Å²) in [4.78, 5) is 24.3. The highest BCUT2D eigenvalue weighted by molar-refractivity contribution is 5.92. The highest BCUT2D eigenvalue weighted by Crippen LogP contribution is 2.30. The Morgan fingerprint density at radius 1 is 0.972 bits per heavy atom. The first-order chi connectivity index (χ1) is 17.5. The van der Waals surface area contributed by atoms with Gasteiger partial charge in [-0.2, -0.15) is 4.39 Å². The molecule has 9 heteroatoms. The average Bonchev–Trinajstić information content (AvgIpc) is 3.24. The van der Waals surface area contributed by atoms with Gasteiger partial charge in [-0.1, -0.05) is 12.1 Å². The van der Waals surface area contributed by atoms with Crippen LogP contribution >= 0.6 is 0 Å². The monoisotopic (exact) mass is 482 g/mol. The minimum Gasteiger partial charge on any atom is -0.457 e. The van der Waals surface area contributed by atoms with E-state index in [-0.39, 0.29) is 11.6 Å². The van der Waals surface area contributed by atoms with E-state index in [0.29, 0.717) is 24.0 Å². The van der Waals surface area contributed by atoms with Crippen molar-refractivity contribution < 1.29 is 13.9 Å². The minimum atomic E-state index is -0.520. The number of nitrogens with zero attached hydrogens (tertiary/aromatic N) is 4. The van der Waals surface area contributed by atoms with Gasteiger partial charge in [-0.15, -0.1) is 0 Å². The molecular weight excluding hydrogens is 459 g/mol. The smallest absolute Gasteiger partial charge is 0.269 e. The Bertz CT molecular complexity index is 1570. The van der Waals surface area contributed by atoms with Gasteiger partial charge in [0.05, 0.1) is 11.0 Å². The number of fused-ring (bicyclic) bond motifs is 1. The Morgan fingerprint density at radius 3 is 2.58 bits per heavy atom. The highest BCUT2D eigenvalue weighted by atomic mass is 19.1. The molecule has 0 saturated heterocycles. The van der Waals surface area contributed by atoms with Gasteiger partial charge in [0, 0.05) is 49.9 Å². The first kappa shape index (κ1) is 23.0. The molecule has 2 N–H and O–H groups in total. The molecule has 3 heterocycles. The molecule has 0 aliphatic rings. The molecule has 0 atom stereocenters. The number of hydrogen-bond donors (Lipinski definition) is 2. The van der Waals surface area contributed by atoms with Crippen molar-refractivity contribution in [2.75, 3.05) is 12.4 Å². The van der Waals surface area contributed by atoms with Crippen molar-refractivity contribution in [1.29, 1.82) is 0 Å². The third-order valence-electron chi connectivity index (χ3n) is 5.64. The Morgan fingerprint density at radius 2 is 1.78 bits per heavy atom. The van der Waals surface area contributed by atoms with Crippen LogP contribution in [0.4, 0.5) is 16.0 Å². The predicted octanol–water partition coefficient (Wildman–Crippen LogP) is 5.55. The second kappa shape index (κ2) is 9.83. The van der Waals surface area contributed by atoms with Crippen LogP contribution < -0.4 is 15.4 Å². The van der Waals surface area contributed by atoms with Gasteiger partial charge in [0.15, 0.2) is 0 Å². The zero-order valence-corrected chi connectivity index (χ0v) is 19.7. The molecule has 0 radical (unpaired) electrons. The number of aromatic nitrogens is 4. The Balaban J connectivity index is 1.42. The molecule has 5 aromatic rings. The minimum absolute atomic E-state index is 0.273. The molecule has 0 saturated carbocycles. The molecule has 180 valence electrons. The molecule has 0 fully saturated rings. The zero-order chi connectivity index (χ0) is 25.1. The van der Waals surface area contributed by atoms with Crippen LogP contribution in [0.5, 0.6) is 11.5 Å². The number of carbonyl (C=O) groups excluding carboxylic acids is 1. The van der Waals surface area contributed by atoms with Crippen molar-refractivity contribution in [3.63, 3.8) is 0 Å². The fraction of sp³-hybridized carbons (Fsp3) is 0.111. The van der Waals surface area contributed by atoms with Gasteiger partial charge in [-0.3, -0.25) is 9.78 Å². The number of imidazole rings is 1. The molecule has 8 nitrogen and oxygen atoms in total. The third-order valence-corrected chi connectivity index (χ3v) is 5.64. The second-order valence-corrected chi connectivity index (χ2v) is 7.96. The summed E-state index contributed by atoms with van der Waals surface area (Å²) in [5.41, 5.74) is 4.40. The van der Waals surface area contributed by atoms with Crippen molar-refractivity contribution in [2.24, 2.45) is 0 Å². The molecule has 5 rings (SSSR count). The topological polar surface area (TPSA) is 94.0 Å². The average molecular weight is 483 g/mol. The number of ether oxygens (including phenoxy) is 1. The maximum Gasteiger partial charge on any atom is 0.269 e. The van der Waals surface area contributed by atoms with Crippen LogP contribution in [0.2, 0.25) is 0 Å². The van der Waals surface area contributed by atoms with Gasteiger partial charge in [0.25, 0.3) is 5.91 Å². The summed E-state index contributed by atoms with van der Waals surface area (Å²) >= 11 is 0. The first-order valence-electron chi connectivity index (χ1n) is 11.4. The largest absolute Gasteiger partial charge is 0.457 e. The maximum absolute atomic E-state index is 13.6. The first-order valence-corrected chi connectivity index (χ1v) is 11.4. The SMILES string of the molecule is CCn1c(Nc2cccc(-c3ccnc(F)c3)c2)nc2cc(Oc3ccnc(C(=O)NC)c3)ccc21. The lowest BCUT2D eigenvalue weighted by Crippen LogP contribution is -2.18. The van der Waals surface area contributed by atoms with Crippen LogP contribution in [0, 0.1) is 5.95 Å². The molecule has 0 unspecified atom stereocenters. The van der Waals surface area contributed by atoms with Crippen molar-refractivity contribution in [3.8, 4) is 22.6 Å². The summed E-state index contributed by atoms with van der Waals surface area (Å²) in [6.07, 6.45) is 2.98. The molecule has 0 aliphatic carbocycles. The number of amides is 1. The van der Waals surface area contributed by atoms with Gasteiger partial charge < -0.3 is 19.9 Å². The normalized spacial score (nSPS) is 10.9. The molecular formula is C27H23FN6O2. The lowest BCUT2D eigenvalue weighted by Gasteiger charge is -2.10. The van der Waals surface area contributed by atoms with Crippen molar-refractivity contribution in [3.05, 3.63) is 90.8 Å². The summed E-state index contributed by atoms with van der Waals surface area (Å²) in [5, 5.41) is 5.93. The molecule has 1 amide bonds. The highest BCUT2D eigenvalue weighted by Gasteiger charge is 2.13. The van der Waals surface area contributed by atoms with E-state index in [4.69, 9.17) is 9.72 Å². The number of rotatable bonds is 7. The van der Waals surface area contributed by atoms with Crippen LogP contribution in [0.3, 0.4) is 0 Å². The van der Waals surface area contributed by atoms with E-state index in [1.165, 1.54) is 18.5 Å². The fourth-order valence-electron chi connectivity index (χ4n) is 3.94. The quantitative estimate of drug-likeness (QED) is 0.296. The predicted molar refractivity (Wildman–Crippen MR) is 136 cm³/mol. The van der Waals surface area contributed by atoms with Crippen LogP contribution in [-0.4, -0.2) is 32.5 Å². The molecule has 0 bridgehead atoms. The standard InChI is InChI=1S/C27H23FN6O2/c1-3-34-24-8-7-20(36-21-10-12-30-23(16-21)26(35)29-2)15-22(24)33-27(34)32-19-6-4-5-17(13-19)18-9-11-31-25(28)14-18/h4-16H,3H2,1-2H3,(H,29,35)(H,32,33). The van der Waals surface area contributed by atoms with E-state index in [1.54, 1.807) is 25.2 Å². The van der Waals surface area contributed by atoms with Gasteiger partial charge >= 0.3 is 0 Å². The van der Waals surface area contributed by atoms with Crippen LogP contribution in [0.25, 0.3) is 22.2 Å². The van der Waals surface area contributed by atoms with E-state index >= 15 is 0 Å². The molecule has 0 aliphatic heterocycles. The van der Waals surface area contributed by atoms with Crippen LogP contribution in [0.1, 0.15) is 17.4 Å². The third kappa shape index (κ3) is 4.72. The summed E-state index contributed by atoms with van der Waals surface area (Å²) in [5.74, 6) is 0.958. The fourth-order valence-corrected chi connectivity index (χ4v) is 3.94. The summed E-state index contributed by atoms with van der Waals surface area (Å²) < 4.78 is 21.6.